The molecule has 0 bridgehead atoms. The number of fused-ring (bicyclic) bond motifs is 1. The van der Waals surface area contributed by atoms with Crippen LogP contribution < -0.4 is 10.6 Å². The molecule has 3 aromatic rings. The summed E-state index contributed by atoms with van der Waals surface area (Å²) in [4.78, 5) is 40.1. The monoisotopic (exact) mass is 465 g/mol. The highest BCUT2D eigenvalue weighted by atomic mass is 35.5. The molecule has 8 nitrogen and oxygen atoms in total. The molecule has 3 amide bonds. The summed E-state index contributed by atoms with van der Waals surface area (Å²) in [5.41, 5.74) is 1.02. The van der Waals surface area contributed by atoms with Crippen molar-refractivity contribution in [2.45, 2.75) is 32.1 Å². The molecule has 0 unspecified atom stereocenters. The van der Waals surface area contributed by atoms with Crippen LogP contribution in [0.5, 0.6) is 0 Å². The van der Waals surface area contributed by atoms with Crippen LogP contribution >= 0.6 is 11.6 Å². The normalized spacial score (nSPS) is 17.4. The van der Waals surface area contributed by atoms with E-state index in [0.29, 0.717) is 11.6 Å². The Morgan fingerprint density at radius 1 is 1.03 bits per heavy atom. The van der Waals surface area contributed by atoms with Gasteiger partial charge in [0.25, 0.3) is 11.8 Å². The molecular weight excluding hydrogens is 442 g/mol. The van der Waals surface area contributed by atoms with Gasteiger partial charge in [0.05, 0.1) is 6.54 Å². The number of aromatic nitrogens is 2. The van der Waals surface area contributed by atoms with Crippen molar-refractivity contribution in [3.63, 3.8) is 0 Å². The van der Waals surface area contributed by atoms with Gasteiger partial charge in [0, 0.05) is 31.2 Å². The van der Waals surface area contributed by atoms with Crippen LogP contribution in [0, 0.1) is 0 Å². The fourth-order valence-corrected chi connectivity index (χ4v) is 3.94. The predicted octanol–water partition coefficient (Wildman–Crippen LogP) is 2.63. The molecule has 1 aliphatic heterocycles. The van der Waals surface area contributed by atoms with Gasteiger partial charge in [0.1, 0.15) is 11.2 Å². The zero-order valence-electron chi connectivity index (χ0n) is 18.3. The summed E-state index contributed by atoms with van der Waals surface area (Å²) < 4.78 is 1.43. The third-order valence-electron chi connectivity index (χ3n) is 5.86. The van der Waals surface area contributed by atoms with Gasteiger partial charge in [-0.25, -0.2) is 0 Å². The van der Waals surface area contributed by atoms with E-state index >= 15 is 0 Å². The number of rotatable bonds is 6. The molecule has 2 N–H and O–H groups in total. The summed E-state index contributed by atoms with van der Waals surface area (Å²) >= 11 is 5.98. The van der Waals surface area contributed by atoms with E-state index in [0.717, 1.165) is 11.1 Å². The molecule has 1 aliphatic rings. The van der Waals surface area contributed by atoms with E-state index < -0.39 is 11.4 Å². The van der Waals surface area contributed by atoms with Gasteiger partial charge in [0.2, 0.25) is 5.91 Å². The first kappa shape index (κ1) is 22.5. The lowest BCUT2D eigenvalue weighted by atomic mass is 9.96. The van der Waals surface area contributed by atoms with Gasteiger partial charge in [0.15, 0.2) is 5.69 Å². The maximum atomic E-state index is 13.1. The van der Waals surface area contributed by atoms with Gasteiger partial charge in [-0.2, -0.15) is 5.10 Å². The van der Waals surface area contributed by atoms with Crippen molar-refractivity contribution in [2.75, 3.05) is 7.05 Å². The molecule has 9 heteroatoms. The Bertz CT molecular complexity index is 1210. The number of likely N-dealkylation sites (N-methyl/N-ethyl adjacent to an activating group) is 1. The molecule has 1 atom stereocenters. The number of carbonyl (C=O) groups excluding carboxylic acids is 3. The van der Waals surface area contributed by atoms with E-state index in [2.05, 4.69) is 15.7 Å². The molecule has 1 aromatic heterocycles. The zero-order valence-corrected chi connectivity index (χ0v) is 19.1. The molecule has 0 spiro atoms. The summed E-state index contributed by atoms with van der Waals surface area (Å²) in [5, 5.41) is 10.6. The van der Waals surface area contributed by atoms with Crippen LogP contribution in [-0.2, 0) is 24.4 Å². The lowest BCUT2D eigenvalue weighted by Crippen LogP contribution is -2.62. The minimum Gasteiger partial charge on any atom is -0.350 e. The zero-order chi connectivity index (χ0) is 23.6. The van der Waals surface area contributed by atoms with Crippen molar-refractivity contribution >= 4 is 29.3 Å². The molecule has 0 saturated heterocycles. The van der Waals surface area contributed by atoms with Crippen LogP contribution in [0.2, 0.25) is 5.02 Å². The Morgan fingerprint density at radius 2 is 1.73 bits per heavy atom. The summed E-state index contributed by atoms with van der Waals surface area (Å²) in [7, 11) is 1.58. The smallest absolute Gasteiger partial charge is 0.272 e. The van der Waals surface area contributed by atoms with E-state index in [1.807, 2.05) is 36.4 Å². The number of nitrogens with one attached hydrogen (secondary N) is 2. The van der Waals surface area contributed by atoms with Crippen LogP contribution in [0.25, 0.3) is 0 Å². The first-order chi connectivity index (χ1) is 15.8. The van der Waals surface area contributed by atoms with E-state index in [-0.39, 0.29) is 36.3 Å². The van der Waals surface area contributed by atoms with E-state index in [1.165, 1.54) is 15.6 Å². The van der Waals surface area contributed by atoms with Crippen molar-refractivity contribution in [1.29, 1.82) is 0 Å². The van der Waals surface area contributed by atoms with Crippen LogP contribution in [0.15, 0.2) is 60.7 Å². The minimum absolute atomic E-state index is 0.114. The van der Waals surface area contributed by atoms with E-state index in [9.17, 15) is 14.4 Å². The van der Waals surface area contributed by atoms with Crippen molar-refractivity contribution < 1.29 is 14.4 Å². The van der Waals surface area contributed by atoms with Crippen molar-refractivity contribution in [2.24, 2.45) is 0 Å². The molecule has 33 heavy (non-hydrogen) atoms. The predicted molar refractivity (Wildman–Crippen MR) is 124 cm³/mol. The second kappa shape index (κ2) is 9.07. The Labute approximate surface area is 196 Å². The molecule has 0 saturated carbocycles. The van der Waals surface area contributed by atoms with Gasteiger partial charge in [-0.1, -0.05) is 54.1 Å². The Hall–Kier alpha value is -3.65. The molecule has 0 aliphatic carbocycles. The second-order valence-electron chi connectivity index (χ2n) is 8.19. The van der Waals surface area contributed by atoms with Crippen LogP contribution in [0.3, 0.4) is 0 Å². The Balaban J connectivity index is 1.47. The number of carbonyl (C=O) groups is 3. The minimum atomic E-state index is -1.15. The maximum absolute atomic E-state index is 13.1. The Kier molecular flexibility index (Phi) is 6.20. The number of nitrogens with zero attached hydrogens (tertiary/aromatic N) is 3. The number of hydrogen-bond acceptors (Lipinski definition) is 4. The largest absolute Gasteiger partial charge is 0.350 e. The fraction of sp³-hybridized carbons (Fsp3) is 0.250. The summed E-state index contributed by atoms with van der Waals surface area (Å²) in [6.07, 6.45) is 0. The van der Waals surface area contributed by atoms with Crippen molar-refractivity contribution in [3.8, 4) is 0 Å². The maximum Gasteiger partial charge on any atom is 0.272 e. The average Bonchev–Trinajstić information content (AvgIpc) is 3.24. The lowest BCUT2D eigenvalue weighted by molar-refractivity contribution is -0.132. The molecule has 2 heterocycles. The number of benzene rings is 2. The average molecular weight is 466 g/mol. The molecule has 4 rings (SSSR count). The van der Waals surface area contributed by atoms with Gasteiger partial charge in [-0.3, -0.25) is 19.1 Å². The van der Waals surface area contributed by atoms with Crippen LogP contribution in [-0.4, -0.2) is 45.0 Å². The van der Waals surface area contributed by atoms with Gasteiger partial charge in [-0.05, 0) is 30.2 Å². The Morgan fingerprint density at radius 3 is 2.45 bits per heavy atom. The standard InChI is InChI=1S/C24H24ClN5O3/c1-24(23(33)27-13-16-7-4-3-5-8-16)15-30-20(22(32)29(24)2)12-19(28-30)21(31)26-14-17-9-6-10-18(25)11-17/h3-12H,13-15H2,1-2H3,(H,26,31)(H,27,33)/t24-/m0/s1. The fourth-order valence-electron chi connectivity index (χ4n) is 3.73. The first-order valence-corrected chi connectivity index (χ1v) is 10.9. The number of halogens is 1. The molecular formula is C24H24ClN5O3. The highest BCUT2D eigenvalue weighted by molar-refractivity contribution is 6.30. The quantitative estimate of drug-likeness (QED) is 0.585. The molecule has 170 valence electrons. The molecule has 0 fully saturated rings. The topological polar surface area (TPSA) is 96.3 Å². The highest BCUT2D eigenvalue weighted by Gasteiger charge is 2.46. The van der Waals surface area contributed by atoms with E-state index in [4.69, 9.17) is 11.6 Å². The van der Waals surface area contributed by atoms with Crippen LogP contribution in [0.1, 0.15) is 39.0 Å². The summed E-state index contributed by atoms with van der Waals surface area (Å²) in [6.45, 7) is 2.44. The highest BCUT2D eigenvalue weighted by Crippen LogP contribution is 2.26. The summed E-state index contributed by atoms with van der Waals surface area (Å²) in [5.74, 6) is -1.09. The van der Waals surface area contributed by atoms with Crippen LogP contribution in [0.4, 0.5) is 0 Å². The third kappa shape index (κ3) is 4.61. The molecule has 2 aromatic carbocycles. The summed E-state index contributed by atoms with van der Waals surface area (Å²) in [6, 6.07) is 18.2. The molecule has 0 radical (unpaired) electrons. The third-order valence-corrected chi connectivity index (χ3v) is 6.10. The number of amides is 3. The van der Waals surface area contributed by atoms with E-state index in [1.54, 1.807) is 32.2 Å². The van der Waals surface area contributed by atoms with Gasteiger partial charge >= 0.3 is 0 Å². The second-order valence-corrected chi connectivity index (χ2v) is 8.63. The SMILES string of the molecule is CN1C(=O)c2cc(C(=O)NCc3cccc(Cl)c3)nn2C[C@@]1(C)C(=O)NCc1ccccc1. The van der Waals surface area contributed by atoms with Crippen molar-refractivity contribution in [3.05, 3.63) is 88.2 Å². The lowest BCUT2D eigenvalue weighted by Gasteiger charge is -2.40. The van der Waals surface area contributed by atoms with Crippen molar-refractivity contribution in [1.82, 2.24) is 25.3 Å². The first-order valence-electron chi connectivity index (χ1n) is 10.5. The van der Waals surface area contributed by atoms with Gasteiger partial charge < -0.3 is 15.5 Å². The number of hydrogen-bond donors (Lipinski definition) is 2. The van der Waals surface area contributed by atoms with Gasteiger partial charge in [-0.15, -0.1) is 0 Å².